The molecular weight excluding hydrogens is 361 g/mol. The summed E-state index contributed by atoms with van der Waals surface area (Å²) in [5, 5.41) is 0. The van der Waals surface area contributed by atoms with E-state index in [-0.39, 0.29) is 5.91 Å². The van der Waals surface area contributed by atoms with E-state index < -0.39 is 0 Å². The third kappa shape index (κ3) is 2.46. The number of hydrogen-bond acceptors (Lipinski definition) is 1. The summed E-state index contributed by atoms with van der Waals surface area (Å²) >= 11 is 2.25. The van der Waals surface area contributed by atoms with Crippen LogP contribution in [0.2, 0.25) is 0 Å². The summed E-state index contributed by atoms with van der Waals surface area (Å²) < 4.78 is 1.15. The van der Waals surface area contributed by atoms with Crippen molar-refractivity contribution in [2.75, 3.05) is 11.4 Å². The average Bonchev–Trinajstić information content (AvgIpc) is 2.47. The lowest BCUT2D eigenvalue weighted by Gasteiger charge is -2.31. The van der Waals surface area contributed by atoms with Gasteiger partial charge in [-0.05, 0) is 77.7 Å². The van der Waals surface area contributed by atoms with Crippen LogP contribution in [0, 0.1) is 10.5 Å². The molecule has 0 spiro atoms. The molecule has 0 bridgehead atoms. The van der Waals surface area contributed by atoms with Gasteiger partial charge in [0.25, 0.3) is 5.91 Å². The molecule has 2 nitrogen and oxygen atoms in total. The van der Waals surface area contributed by atoms with Gasteiger partial charge >= 0.3 is 0 Å². The van der Waals surface area contributed by atoms with Gasteiger partial charge in [-0.2, -0.15) is 0 Å². The molecule has 2 aromatic carbocycles. The fraction of sp³-hybridized carbons (Fsp3) is 0.235. The number of amides is 1. The van der Waals surface area contributed by atoms with Gasteiger partial charge in [-0.15, -0.1) is 0 Å². The van der Waals surface area contributed by atoms with E-state index in [1.165, 1.54) is 11.1 Å². The number of carbonyl (C=O) groups is 1. The number of aryl methyl sites for hydroxylation is 2. The molecule has 0 radical (unpaired) electrons. The van der Waals surface area contributed by atoms with Crippen LogP contribution in [0.3, 0.4) is 0 Å². The predicted octanol–water partition coefficient (Wildman–Crippen LogP) is 4.19. The fourth-order valence-corrected chi connectivity index (χ4v) is 3.16. The van der Waals surface area contributed by atoms with Crippen LogP contribution in [0.4, 0.5) is 5.69 Å². The number of rotatable bonds is 1. The molecular formula is C17H16INO. The SMILES string of the molecule is Cc1cccc2c1N(C(=O)c1ccc(I)cc1)CCC2. The summed E-state index contributed by atoms with van der Waals surface area (Å²) in [5.74, 6) is 0.108. The zero-order valence-electron chi connectivity index (χ0n) is 11.4. The summed E-state index contributed by atoms with van der Waals surface area (Å²) in [6.45, 7) is 2.89. The van der Waals surface area contributed by atoms with E-state index in [9.17, 15) is 4.79 Å². The van der Waals surface area contributed by atoms with Crippen LogP contribution in [0.1, 0.15) is 27.9 Å². The molecule has 3 rings (SSSR count). The molecule has 0 fully saturated rings. The fourth-order valence-electron chi connectivity index (χ4n) is 2.80. The summed E-state index contributed by atoms with van der Waals surface area (Å²) in [4.78, 5) is 14.7. The van der Waals surface area contributed by atoms with E-state index in [1.54, 1.807) is 0 Å². The van der Waals surface area contributed by atoms with Gasteiger partial charge in [-0.1, -0.05) is 18.2 Å². The maximum atomic E-state index is 12.7. The molecule has 0 saturated heterocycles. The van der Waals surface area contributed by atoms with Crippen molar-refractivity contribution < 1.29 is 4.79 Å². The molecule has 0 aromatic heterocycles. The Morgan fingerprint density at radius 2 is 1.90 bits per heavy atom. The predicted molar refractivity (Wildman–Crippen MR) is 90.3 cm³/mol. The Kier molecular flexibility index (Phi) is 3.78. The molecule has 3 heteroatoms. The molecule has 20 heavy (non-hydrogen) atoms. The number of hydrogen-bond donors (Lipinski definition) is 0. The van der Waals surface area contributed by atoms with E-state index in [2.05, 4.69) is 47.7 Å². The Labute approximate surface area is 132 Å². The van der Waals surface area contributed by atoms with Crippen molar-refractivity contribution in [2.24, 2.45) is 0 Å². The Bertz CT molecular complexity index is 649. The van der Waals surface area contributed by atoms with Crippen molar-refractivity contribution in [3.8, 4) is 0 Å². The molecule has 1 amide bonds. The van der Waals surface area contributed by atoms with Gasteiger partial charge in [0.15, 0.2) is 0 Å². The maximum Gasteiger partial charge on any atom is 0.258 e. The van der Waals surface area contributed by atoms with Crippen molar-refractivity contribution in [2.45, 2.75) is 19.8 Å². The van der Waals surface area contributed by atoms with Crippen molar-refractivity contribution in [3.05, 3.63) is 62.7 Å². The number of nitrogens with zero attached hydrogens (tertiary/aromatic N) is 1. The lowest BCUT2D eigenvalue weighted by Crippen LogP contribution is -2.36. The highest BCUT2D eigenvalue weighted by atomic mass is 127. The zero-order valence-corrected chi connectivity index (χ0v) is 13.6. The molecule has 0 N–H and O–H groups in total. The van der Waals surface area contributed by atoms with Crippen LogP contribution < -0.4 is 4.90 Å². The average molecular weight is 377 g/mol. The molecule has 1 aliphatic rings. The Hall–Kier alpha value is -1.36. The Balaban J connectivity index is 2.00. The van der Waals surface area contributed by atoms with E-state index in [0.717, 1.165) is 34.2 Å². The number of fused-ring (bicyclic) bond motifs is 1. The molecule has 1 aliphatic heterocycles. The Morgan fingerprint density at radius 1 is 1.15 bits per heavy atom. The second-order valence-corrected chi connectivity index (χ2v) is 6.40. The highest BCUT2D eigenvalue weighted by Crippen LogP contribution is 2.31. The van der Waals surface area contributed by atoms with Crippen LogP contribution >= 0.6 is 22.6 Å². The van der Waals surface area contributed by atoms with E-state index in [0.29, 0.717) is 0 Å². The minimum Gasteiger partial charge on any atom is -0.308 e. The first kappa shape index (κ1) is 13.6. The van der Waals surface area contributed by atoms with Crippen LogP contribution in [0.5, 0.6) is 0 Å². The maximum absolute atomic E-state index is 12.7. The van der Waals surface area contributed by atoms with E-state index >= 15 is 0 Å². The lowest BCUT2D eigenvalue weighted by atomic mass is 9.97. The van der Waals surface area contributed by atoms with Gasteiger partial charge in [0.1, 0.15) is 0 Å². The third-order valence-electron chi connectivity index (χ3n) is 3.76. The van der Waals surface area contributed by atoms with Crippen molar-refractivity contribution >= 4 is 34.2 Å². The number of para-hydroxylation sites is 1. The van der Waals surface area contributed by atoms with Crippen molar-refractivity contribution in [3.63, 3.8) is 0 Å². The van der Waals surface area contributed by atoms with Gasteiger partial charge < -0.3 is 4.90 Å². The first-order valence-corrected chi connectivity index (χ1v) is 7.90. The summed E-state index contributed by atoms with van der Waals surface area (Å²) in [6.07, 6.45) is 2.10. The normalized spacial score (nSPS) is 14.0. The number of carbonyl (C=O) groups excluding carboxylic acids is 1. The van der Waals surface area contributed by atoms with Gasteiger partial charge in [0, 0.05) is 15.7 Å². The summed E-state index contributed by atoms with van der Waals surface area (Å²) in [5.41, 5.74) is 4.35. The molecule has 0 unspecified atom stereocenters. The van der Waals surface area contributed by atoms with Crippen LogP contribution in [0.15, 0.2) is 42.5 Å². The minimum atomic E-state index is 0.108. The summed E-state index contributed by atoms with van der Waals surface area (Å²) in [7, 11) is 0. The van der Waals surface area contributed by atoms with Gasteiger partial charge in [-0.25, -0.2) is 0 Å². The highest BCUT2D eigenvalue weighted by Gasteiger charge is 2.24. The smallest absolute Gasteiger partial charge is 0.258 e. The standard InChI is InChI=1S/C17H16INO/c1-12-4-2-5-13-6-3-11-19(16(12)13)17(20)14-7-9-15(18)10-8-14/h2,4-5,7-10H,3,6,11H2,1H3. The third-order valence-corrected chi connectivity index (χ3v) is 4.47. The molecule has 0 aliphatic carbocycles. The summed E-state index contributed by atoms with van der Waals surface area (Å²) in [6, 6.07) is 14.1. The zero-order chi connectivity index (χ0) is 14.1. The van der Waals surface area contributed by atoms with Crippen molar-refractivity contribution in [1.29, 1.82) is 0 Å². The van der Waals surface area contributed by atoms with E-state index in [1.807, 2.05) is 29.2 Å². The molecule has 0 atom stereocenters. The first-order chi connectivity index (χ1) is 9.66. The number of halogens is 1. The van der Waals surface area contributed by atoms with Gasteiger partial charge in [0.05, 0.1) is 5.69 Å². The highest BCUT2D eigenvalue weighted by molar-refractivity contribution is 14.1. The number of anilines is 1. The Morgan fingerprint density at radius 3 is 2.65 bits per heavy atom. The minimum absolute atomic E-state index is 0.108. The number of benzene rings is 2. The van der Waals surface area contributed by atoms with Crippen LogP contribution in [0.25, 0.3) is 0 Å². The first-order valence-electron chi connectivity index (χ1n) is 6.83. The quantitative estimate of drug-likeness (QED) is 0.683. The van der Waals surface area contributed by atoms with Gasteiger partial charge in [0.2, 0.25) is 0 Å². The van der Waals surface area contributed by atoms with Gasteiger partial charge in [-0.3, -0.25) is 4.79 Å². The molecule has 2 aromatic rings. The second-order valence-electron chi connectivity index (χ2n) is 5.15. The van der Waals surface area contributed by atoms with E-state index in [4.69, 9.17) is 0 Å². The van der Waals surface area contributed by atoms with Crippen molar-refractivity contribution in [1.82, 2.24) is 0 Å². The molecule has 1 heterocycles. The van der Waals surface area contributed by atoms with Crippen LogP contribution in [-0.2, 0) is 6.42 Å². The topological polar surface area (TPSA) is 20.3 Å². The molecule has 0 saturated carbocycles. The van der Waals surface area contributed by atoms with Crippen LogP contribution in [-0.4, -0.2) is 12.5 Å². The monoisotopic (exact) mass is 377 g/mol. The second kappa shape index (κ2) is 5.56. The largest absolute Gasteiger partial charge is 0.308 e. The lowest BCUT2D eigenvalue weighted by molar-refractivity contribution is 0.0985. The molecule has 102 valence electrons.